The molecule has 0 fully saturated rings. The summed E-state index contributed by atoms with van der Waals surface area (Å²) in [5.41, 5.74) is 3.80. The summed E-state index contributed by atoms with van der Waals surface area (Å²) in [6, 6.07) is 20.4. The highest BCUT2D eigenvalue weighted by molar-refractivity contribution is 6.36. The Kier molecular flexibility index (Phi) is 4.09. The molecule has 1 heterocycles. The van der Waals surface area contributed by atoms with Crippen LogP contribution in [0.15, 0.2) is 77.8 Å². The SMILES string of the molecule is O=C1c2ccccc2C(=O)C1C1=Nc2ccccc2N[C@@H](c2ccc(F)cc2)C1. The molecule has 0 spiro atoms. The summed E-state index contributed by atoms with van der Waals surface area (Å²) in [5, 5.41) is 3.44. The average molecular weight is 384 g/mol. The molecule has 0 saturated carbocycles. The Bertz CT molecular complexity index is 1130. The molecule has 0 saturated heterocycles. The van der Waals surface area contributed by atoms with Crippen LogP contribution in [0.5, 0.6) is 0 Å². The first kappa shape index (κ1) is 17.5. The molecule has 0 aromatic heterocycles. The second-order valence-electron chi connectivity index (χ2n) is 7.28. The van der Waals surface area contributed by atoms with E-state index in [1.807, 2.05) is 24.3 Å². The zero-order valence-electron chi connectivity index (χ0n) is 15.4. The summed E-state index contributed by atoms with van der Waals surface area (Å²) in [4.78, 5) is 30.8. The molecule has 0 radical (unpaired) electrons. The fourth-order valence-electron chi connectivity index (χ4n) is 4.07. The molecule has 142 valence electrons. The smallest absolute Gasteiger partial charge is 0.180 e. The number of hydrogen-bond donors (Lipinski definition) is 1. The highest BCUT2D eigenvalue weighted by Crippen LogP contribution is 2.38. The molecule has 5 rings (SSSR count). The molecule has 0 amide bonds. The molecule has 1 aliphatic heterocycles. The van der Waals surface area contributed by atoms with Gasteiger partial charge in [0.25, 0.3) is 0 Å². The highest BCUT2D eigenvalue weighted by atomic mass is 19.1. The van der Waals surface area contributed by atoms with E-state index in [1.54, 1.807) is 36.4 Å². The standard InChI is InChI=1S/C24H17FN2O2/c25-15-11-9-14(10-12-15)20-13-21(27-19-8-4-3-7-18(19)26-20)22-23(28)16-5-1-2-6-17(16)24(22)29/h1-12,20,22,26H,13H2/t20-/m1/s1. The fourth-order valence-corrected chi connectivity index (χ4v) is 4.07. The first-order chi connectivity index (χ1) is 14.1. The second kappa shape index (κ2) is 6.78. The third kappa shape index (κ3) is 2.95. The van der Waals surface area contributed by atoms with Crippen LogP contribution in [-0.4, -0.2) is 17.3 Å². The van der Waals surface area contributed by atoms with Gasteiger partial charge in [-0.25, -0.2) is 4.39 Å². The number of aliphatic imine (C=N–C) groups is 1. The van der Waals surface area contributed by atoms with E-state index in [9.17, 15) is 14.0 Å². The van der Waals surface area contributed by atoms with Gasteiger partial charge in [-0.3, -0.25) is 14.6 Å². The van der Waals surface area contributed by atoms with E-state index >= 15 is 0 Å². The first-order valence-corrected chi connectivity index (χ1v) is 9.48. The Hall–Kier alpha value is -3.60. The lowest BCUT2D eigenvalue weighted by molar-refractivity contribution is 0.0882. The van der Waals surface area contributed by atoms with Gasteiger partial charge in [0.15, 0.2) is 11.6 Å². The number of anilines is 1. The number of halogens is 1. The van der Waals surface area contributed by atoms with E-state index in [0.717, 1.165) is 11.3 Å². The van der Waals surface area contributed by atoms with Crippen molar-refractivity contribution in [2.75, 3.05) is 5.32 Å². The number of rotatable bonds is 2. The lowest BCUT2D eigenvalue weighted by Gasteiger charge is -2.20. The number of hydrogen-bond acceptors (Lipinski definition) is 4. The van der Waals surface area contributed by atoms with Crippen LogP contribution in [0, 0.1) is 11.7 Å². The normalized spacial score (nSPS) is 18.5. The predicted octanol–water partition coefficient (Wildman–Crippen LogP) is 5.15. The molecule has 3 aromatic carbocycles. The number of benzene rings is 3. The van der Waals surface area contributed by atoms with Crippen LogP contribution in [0.4, 0.5) is 15.8 Å². The minimum absolute atomic E-state index is 0.207. The second-order valence-corrected chi connectivity index (χ2v) is 7.28. The molecular formula is C24H17FN2O2. The largest absolute Gasteiger partial charge is 0.376 e. The minimum atomic E-state index is -0.914. The molecule has 3 aromatic rings. The number of Topliss-reactive ketones (excluding diaryl/α,β-unsaturated/α-hetero) is 2. The zero-order valence-corrected chi connectivity index (χ0v) is 15.4. The molecule has 0 bridgehead atoms. The third-order valence-corrected chi connectivity index (χ3v) is 5.50. The van der Waals surface area contributed by atoms with Crippen LogP contribution in [0.2, 0.25) is 0 Å². The Morgan fingerprint density at radius 2 is 1.45 bits per heavy atom. The van der Waals surface area contributed by atoms with E-state index in [2.05, 4.69) is 5.32 Å². The average Bonchev–Trinajstić information content (AvgIpc) is 2.88. The van der Waals surface area contributed by atoms with Crippen LogP contribution >= 0.6 is 0 Å². The van der Waals surface area contributed by atoms with E-state index in [-0.39, 0.29) is 23.4 Å². The fraction of sp³-hybridized carbons (Fsp3) is 0.125. The molecule has 29 heavy (non-hydrogen) atoms. The Balaban J connectivity index is 1.60. The predicted molar refractivity (Wildman–Crippen MR) is 110 cm³/mol. The Morgan fingerprint density at radius 1 is 0.828 bits per heavy atom. The van der Waals surface area contributed by atoms with E-state index in [4.69, 9.17) is 4.99 Å². The van der Waals surface area contributed by atoms with Crippen LogP contribution in [0.25, 0.3) is 0 Å². The molecule has 4 nitrogen and oxygen atoms in total. The van der Waals surface area contributed by atoms with E-state index in [1.165, 1.54) is 12.1 Å². The molecule has 2 aliphatic rings. The van der Waals surface area contributed by atoms with Crippen molar-refractivity contribution in [1.29, 1.82) is 0 Å². The zero-order chi connectivity index (χ0) is 20.0. The summed E-state index contributed by atoms with van der Waals surface area (Å²) < 4.78 is 13.4. The van der Waals surface area contributed by atoms with Gasteiger partial charge in [0.05, 0.1) is 17.4 Å². The van der Waals surface area contributed by atoms with Gasteiger partial charge in [-0.2, -0.15) is 0 Å². The molecule has 1 N–H and O–H groups in total. The summed E-state index contributed by atoms with van der Waals surface area (Å²) in [5.74, 6) is -1.64. The maximum absolute atomic E-state index is 13.4. The van der Waals surface area contributed by atoms with Gasteiger partial charge in [-0.15, -0.1) is 0 Å². The lowest BCUT2D eigenvalue weighted by atomic mass is 9.90. The van der Waals surface area contributed by atoms with Gasteiger partial charge in [-0.05, 0) is 29.8 Å². The molecule has 1 atom stereocenters. The van der Waals surface area contributed by atoms with Crippen LogP contribution in [0.1, 0.15) is 38.7 Å². The van der Waals surface area contributed by atoms with Crippen molar-refractivity contribution in [3.05, 3.63) is 95.3 Å². The highest BCUT2D eigenvalue weighted by Gasteiger charge is 2.42. The maximum atomic E-state index is 13.4. The van der Waals surface area contributed by atoms with Gasteiger partial charge in [-0.1, -0.05) is 48.5 Å². The number of para-hydroxylation sites is 2. The van der Waals surface area contributed by atoms with Gasteiger partial charge in [0.2, 0.25) is 0 Å². The topological polar surface area (TPSA) is 58.5 Å². The van der Waals surface area contributed by atoms with Crippen molar-refractivity contribution in [2.45, 2.75) is 12.5 Å². The molecule has 0 unspecified atom stereocenters. The number of carbonyl (C=O) groups is 2. The Morgan fingerprint density at radius 3 is 2.14 bits per heavy atom. The number of nitrogens with one attached hydrogen (secondary N) is 1. The minimum Gasteiger partial charge on any atom is -0.376 e. The van der Waals surface area contributed by atoms with Crippen LogP contribution in [-0.2, 0) is 0 Å². The summed E-state index contributed by atoms with van der Waals surface area (Å²) in [6.07, 6.45) is 0.371. The third-order valence-electron chi connectivity index (χ3n) is 5.50. The van der Waals surface area contributed by atoms with Crippen molar-refractivity contribution in [1.82, 2.24) is 0 Å². The van der Waals surface area contributed by atoms with Crippen LogP contribution in [0.3, 0.4) is 0 Å². The van der Waals surface area contributed by atoms with Gasteiger partial charge in [0.1, 0.15) is 11.7 Å². The van der Waals surface area contributed by atoms with E-state index < -0.39 is 5.92 Å². The number of carbonyl (C=O) groups excluding carboxylic acids is 2. The quantitative estimate of drug-likeness (QED) is 0.622. The Labute approximate surface area is 167 Å². The summed E-state index contributed by atoms with van der Waals surface area (Å²) >= 11 is 0. The van der Waals surface area contributed by atoms with Crippen molar-refractivity contribution in [3.63, 3.8) is 0 Å². The number of ketones is 2. The summed E-state index contributed by atoms with van der Waals surface area (Å²) in [7, 11) is 0. The van der Waals surface area contributed by atoms with Crippen LogP contribution < -0.4 is 5.32 Å². The van der Waals surface area contributed by atoms with Crippen molar-refractivity contribution in [3.8, 4) is 0 Å². The lowest BCUT2D eigenvalue weighted by Crippen LogP contribution is -2.28. The van der Waals surface area contributed by atoms with Gasteiger partial charge in [0, 0.05) is 23.3 Å². The number of fused-ring (bicyclic) bond motifs is 2. The van der Waals surface area contributed by atoms with Crippen molar-refractivity contribution >= 4 is 28.7 Å². The van der Waals surface area contributed by atoms with Crippen molar-refractivity contribution in [2.24, 2.45) is 10.9 Å². The molecule has 1 aliphatic carbocycles. The van der Waals surface area contributed by atoms with Crippen molar-refractivity contribution < 1.29 is 14.0 Å². The first-order valence-electron chi connectivity index (χ1n) is 9.48. The monoisotopic (exact) mass is 384 g/mol. The molecular weight excluding hydrogens is 367 g/mol. The maximum Gasteiger partial charge on any atom is 0.180 e. The van der Waals surface area contributed by atoms with Gasteiger partial charge < -0.3 is 5.32 Å². The molecule has 5 heteroatoms. The summed E-state index contributed by atoms with van der Waals surface area (Å²) in [6.45, 7) is 0. The van der Waals surface area contributed by atoms with Gasteiger partial charge >= 0.3 is 0 Å². The van der Waals surface area contributed by atoms with E-state index in [0.29, 0.717) is 28.9 Å². The number of nitrogens with zero attached hydrogens (tertiary/aromatic N) is 1.